The molecule has 0 amide bonds. The first-order valence-corrected chi connectivity index (χ1v) is 9.15. The molecule has 2 fully saturated rings. The van der Waals surface area contributed by atoms with E-state index in [-0.39, 0.29) is 12.6 Å². The van der Waals surface area contributed by atoms with E-state index in [1.54, 1.807) is 0 Å². The summed E-state index contributed by atoms with van der Waals surface area (Å²) < 4.78 is 11.2. The van der Waals surface area contributed by atoms with Gasteiger partial charge in [-0.15, -0.1) is 0 Å². The number of benzene rings is 1. The number of hydrogen-bond acceptors (Lipinski definition) is 6. The molecule has 1 aromatic carbocycles. The second kappa shape index (κ2) is 7.14. The van der Waals surface area contributed by atoms with Gasteiger partial charge in [-0.25, -0.2) is 0 Å². The Kier molecular flexibility index (Phi) is 4.72. The SMILES string of the molecule is Cc1ccccc1OC[C@@H](O)CN1CCC[C@@H]1c1noc(C2CC2)n1. The molecule has 1 saturated heterocycles. The van der Waals surface area contributed by atoms with Crippen LogP contribution >= 0.6 is 0 Å². The first-order chi connectivity index (χ1) is 12.2. The lowest BCUT2D eigenvalue weighted by Gasteiger charge is -2.24. The minimum absolute atomic E-state index is 0.143. The van der Waals surface area contributed by atoms with Gasteiger partial charge in [-0.1, -0.05) is 23.4 Å². The molecule has 2 aliphatic rings. The monoisotopic (exact) mass is 343 g/mol. The lowest BCUT2D eigenvalue weighted by atomic mass is 10.2. The maximum Gasteiger partial charge on any atom is 0.229 e. The van der Waals surface area contributed by atoms with Crippen molar-refractivity contribution in [1.82, 2.24) is 15.0 Å². The van der Waals surface area contributed by atoms with Crippen molar-refractivity contribution in [1.29, 1.82) is 0 Å². The topological polar surface area (TPSA) is 71.6 Å². The third-order valence-corrected chi connectivity index (χ3v) is 5.02. The van der Waals surface area contributed by atoms with E-state index in [1.807, 2.05) is 31.2 Å². The van der Waals surface area contributed by atoms with Crippen molar-refractivity contribution in [2.75, 3.05) is 19.7 Å². The number of ether oxygens (including phenoxy) is 1. The Labute approximate surface area is 147 Å². The van der Waals surface area contributed by atoms with E-state index in [9.17, 15) is 5.11 Å². The van der Waals surface area contributed by atoms with Gasteiger partial charge in [0.05, 0.1) is 6.04 Å². The largest absolute Gasteiger partial charge is 0.491 e. The van der Waals surface area contributed by atoms with Gasteiger partial charge >= 0.3 is 0 Å². The Morgan fingerprint density at radius 3 is 2.96 bits per heavy atom. The molecule has 1 aliphatic heterocycles. The molecule has 2 heterocycles. The van der Waals surface area contributed by atoms with Crippen LogP contribution in [0.1, 0.15) is 54.9 Å². The Hall–Kier alpha value is -1.92. The molecular weight excluding hydrogens is 318 g/mol. The summed E-state index contributed by atoms with van der Waals surface area (Å²) in [4.78, 5) is 6.83. The molecule has 0 radical (unpaired) electrons. The van der Waals surface area contributed by atoms with Gasteiger partial charge in [-0.2, -0.15) is 4.98 Å². The normalized spacial score (nSPS) is 22.2. The summed E-state index contributed by atoms with van der Waals surface area (Å²) in [6, 6.07) is 8.00. The number of aliphatic hydroxyl groups excluding tert-OH is 1. The van der Waals surface area contributed by atoms with E-state index >= 15 is 0 Å². The second-order valence-corrected chi connectivity index (χ2v) is 7.15. The van der Waals surface area contributed by atoms with Crippen LogP contribution in [0.3, 0.4) is 0 Å². The molecule has 134 valence electrons. The molecule has 6 heteroatoms. The van der Waals surface area contributed by atoms with E-state index in [0.29, 0.717) is 12.5 Å². The van der Waals surface area contributed by atoms with Crippen LogP contribution in [0.4, 0.5) is 0 Å². The lowest BCUT2D eigenvalue weighted by Crippen LogP contribution is -2.35. The third kappa shape index (κ3) is 3.85. The van der Waals surface area contributed by atoms with E-state index in [0.717, 1.165) is 55.3 Å². The number of rotatable bonds is 7. The fourth-order valence-electron chi connectivity index (χ4n) is 3.44. The first-order valence-electron chi connectivity index (χ1n) is 9.15. The predicted octanol–water partition coefficient (Wildman–Crippen LogP) is 2.83. The quantitative estimate of drug-likeness (QED) is 0.833. The Balaban J connectivity index is 1.33. The van der Waals surface area contributed by atoms with Gasteiger partial charge in [-0.05, 0) is 50.8 Å². The Morgan fingerprint density at radius 1 is 1.32 bits per heavy atom. The zero-order chi connectivity index (χ0) is 17.2. The second-order valence-electron chi connectivity index (χ2n) is 7.15. The van der Waals surface area contributed by atoms with Crippen LogP contribution in [-0.4, -0.2) is 45.9 Å². The molecular formula is C19H25N3O3. The van der Waals surface area contributed by atoms with Crippen LogP contribution in [0.2, 0.25) is 0 Å². The third-order valence-electron chi connectivity index (χ3n) is 5.02. The van der Waals surface area contributed by atoms with E-state index in [2.05, 4.69) is 15.0 Å². The molecule has 0 spiro atoms. The Bertz CT molecular complexity index is 713. The number of aryl methyl sites for hydroxylation is 1. The summed E-state index contributed by atoms with van der Waals surface area (Å²) in [5.74, 6) is 2.85. The number of aliphatic hydroxyl groups is 1. The average Bonchev–Trinajstić information content (AvgIpc) is 3.16. The van der Waals surface area contributed by atoms with Crippen molar-refractivity contribution in [2.45, 2.75) is 50.7 Å². The van der Waals surface area contributed by atoms with E-state index in [1.165, 1.54) is 0 Å². The number of aromatic nitrogens is 2. The summed E-state index contributed by atoms with van der Waals surface area (Å²) in [5, 5.41) is 14.6. The zero-order valence-electron chi connectivity index (χ0n) is 14.6. The first kappa shape index (κ1) is 16.5. The van der Waals surface area contributed by atoms with E-state index < -0.39 is 6.10 Å². The summed E-state index contributed by atoms with van der Waals surface area (Å²) >= 11 is 0. The molecule has 1 N–H and O–H groups in total. The highest BCUT2D eigenvalue weighted by atomic mass is 16.5. The number of para-hydroxylation sites is 1. The fraction of sp³-hybridized carbons (Fsp3) is 0.579. The maximum absolute atomic E-state index is 10.4. The van der Waals surface area contributed by atoms with Crippen LogP contribution < -0.4 is 4.74 Å². The molecule has 0 bridgehead atoms. The minimum atomic E-state index is -0.546. The van der Waals surface area contributed by atoms with Gasteiger partial charge in [0.25, 0.3) is 0 Å². The van der Waals surface area contributed by atoms with Crippen molar-refractivity contribution in [2.24, 2.45) is 0 Å². The average molecular weight is 343 g/mol. The van der Waals surface area contributed by atoms with Crippen LogP contribution in [0.15, 0.2) is 28.8 Å². The van der Waals surface area contributed by atoms with E-state index in [4.69, 9.17) is 9.26 Å². The fourth-order valence-corrected chi connectivity index (χ4v) is 3.44. The maximum atomic E-state index is 10.4. The zero-order valence-corrected chi connectivity index (χ0v) is 14.6. The Morgan fingerprint density at radius 2 is 2.16 bits per heavy atom. The van der Waals surface area contributed by atoms with Gasteiger partial charge in [0.1, 0.15) is 18.5 Å². The van der Waals surface area contributed by atoms with Crippen molar-refractivity contribution < 1.29 is 14.4 Å². The predicted molar refractivity (Wildman–Crippen MR) is 92.5 cm³/mol. The van der Waals surface area contributed by atoms with Crippen LogP contribution in [0.5, 0.6) is 5.75 Å². The smallest absolute Gasteiger partial charge is 0.229 e. The summed E-state index contributed by atoms with van der Waals surface area (Å²) in [7, 11) is 0. The molecule has 4 rings (SSSR count). The van der Waals surface area contributed by atoms with Gasteiger partial charge in [0.2, 0.25) is 5.89 Å². The summed E-state index contributed by atoms with van der Waals surface area (Å²) in [5.41, 5.74) is 1.08. The highest BCUT2D eigenvalue weighted by molar-refractivity contribution is 5.31. The molecule has 2 atom stereocenters. The summed E-state index contributed by atoms with van der Waals surface area (Å²) in [6.45, 7) is 3.79. The van der Waals surface area contributed by atoms with Crippen molar-refractivity contribution in [3.8, 4) is 5.75 Å². The number of likely N-dealkylation sites (tertiary alicyclic amines) is 1. The molecule has 0 unspecified atom stereocenters. The van der Waals surface area contributed by atoms with Crippen LogP contribution in [-0.2, 0) is 0 Å². The van der Waals surface area contributed by atoms with Crippen molar-refractivity contribution >= 4 is 0 Å². The highest BCUT2D eigenvalue weighted by Gasteiger charge is 2.34. The number of nitrogens with zero attached hydrogens (tertiary/aromatic N) is 3. The molecule has 6 nitrogen and oxygen atoms in total. The number of hydrogen-bond donors (Lipinski definition) is 1. The van der Waals surface area contributed by atoms with Crippen LogP contribution in [0, 0.1) is 6.92 Å². The molecule has 1 aromatic heterocycles. The lowest BCUT2D eigenvalue weighted by molar-refractivity contribution is 0.0621. The van der Waals surface area contributed by atoms with Crippen molar-refractivity contribution in [3.05, 3.63) is 41.5 Å². The van der Waals surface area contributed by atoms with Crippen LogP contribution in [0.25, 0.3) is 0 Å². The molecule has 1 saturated carbocycles. The molecule has 25 heavy (non-hydrogen) atoms. The minimum Gasteiger partial charge on any atom is -0.491 e. The van der Waals surface area contributed by atoms with Gasteiger partial charge < -0.3 is 14.4 Å². The van der Waals surface area contributed by atoms with Gasteiger partial charge in [0, 0.05) is 12.5 Å². The molecule has 1 aliphatic carbocycles. The van der Waals surface area contributed by atoms with Gasteiger partial charge in [-0.3, -0.25) is 4.90 Å². The highest BCUT2D eigenvalue weighted by Crippen LogP contribution is 2.40. The summed E-state index contributed by atoms with van der Waals surface area (Å²) in [6.07, 6.45) is 3.86. The number of β-amino-alcohol motifs (C(OH)–C–C–N with tert-alkyl or cyclic N) is 1. The van der Waals surface area contributed by atoms with Crippen molar-refractivity contribution in [3.63, 3.8) is 0 Å². The van der Waals surface area contributed by atoms with Gasteiger partial charge in [0.15, 0.2) is 5.82 Å². The molecule has 2 aromatic rings. The standard InChI is InChI=1S/C19H25N3O3/c1-13-5-2-3-7-17(13)24-12-15(23)11-22-10-4-6-16(22)18-20-19(25-21-18)14-8-9-14/h2-3,5,7,14-16,23H,4,6,8-12H2,1H3/t15-,16+/m0/s1.